The van der Waals surface area contributed by atoms with E-state index in [0.29, 0.717) is 13.1 Å². The number of carboxylic acid groups (broad SMARTS) is 1. The lowest BCUT2D eigenvalue weighted by molar-refractivity contribution is -0.145. The Morgan fingerprint density at radius 1 is 1.03 bits per heavy atom. The summed E-state index contributed by atoms with van der Waals surface area (Å²) < 4.78 is 5.62. The summed E-state index contributed by atoms with van der Waals surface area (Å²) in [5.41, 5.74) is 4.64. The number of aliphatic carboxylic acids is 1. The number of nitrogens with zero attached hydrogens (tertiary/aromatic N) is 1. The van der Waals surface area contributed by atoms with Crippen LogP contribution < -0.4 is 5.32 Å². The van der Waals surface area contributed by atoms with E-state index in [1.807, 2.05) is 38.1 Å². The summed E-state index contributed by atoms with van der Waals surface area (Å²) in [6, 6.07) is 16.0. The van der Waals surface area contributed by atoms with Crippen molar-refractivity contribution in [1.82, 2.24) is 10.2 Å². The number of nitrogens with one attached hydrogen (secondary N) is 1. The number of fused-ring (bicyclic) bond motifs is 3. The third-order valence-corrected chi connectivity index (χ3v) is 6.62. The smallest absolute Gasteiger partial charge is 0.407 e. The highest BCUT2D eigenvalue weighted by molar-refractivity contribution is 5.80. The molecule has 2 aromatic rings. The summed E-state index contributed by atoms with van der Waals surface area (Å²) in [5, 5.41) is 11.7. The molecule has 0 radical (unpaired) electrons. The van der Waals surface area contributed by atoms with Gasteiger partial charge in [-0.1, -0.05) is 62.4 Å². The number of ether oxygens (including phenoxy) is 1. The summed E-state index contributed by atoms with van der Waals surface area (Å²) >= 11 is 0. The molecule has 1 aliphatic carbocycles. The van der Waals surface area contributed by atoms with Crippen molar-refractivity contribution in [2.24, 2.45) is 11.8 Å². The number of rotatable bonds is 8. The van der Waals surface area contributed by atoms with Crippen LogP contribution in [0.1, 0.15) is 43.7 Å². The molecule has 1 atom stereocenters. The number of hydrogen-bond acceptors (Lipinski definition) is 4. The van der Waals surface area contributed by atoms with Crippen molar-refractivity contribution in [3.8, 4) is 11.1 Å². The monoisotopic (exact) mass is 450 g/mol. The van der Waals surface area contributed by atoms with Crippen LogP contribution in [0.4, 0.5) is 4.79 Å². The molecule has 7 heteroatoms. The second-order valence-corrected chi connectivity index (χ2v) is 9.29. The highest BCUT2D eigenvalue weighted by Gasteiger charge is 2.34. The maximum atomic E-state index is 12.6. The van der Waals surface area contributed by atoms with Crippen LogP contribution >= 0.6 is 0 Å². The number of carbonyl (C=O) groups excluding carboxylic acids is 2. The fourth-order valence-corrected chi connectivity index (χ4v) is 4.71. The van der Waals surface area contributed by atoms with E-state index in [9.17, 15) is 14.4 Å². The first-order valence-corrected chi connectivity index (χ1v) is 11.4. The van der Waals surface area contributed by atoms with Gasteiger partial charge >= 0.3 is 12.1 Å². The van der Waals surface area contributed by atoms with Crippen LogP contribution in [0.3, 0.4) is 0 Å². The zero-order chi connectivity index (χ0) is 23.5. The van der Waals surface area contributed by atoms with E-state index in [2.05, 4.69) is 29.6 Å². The average Bonchev–Trinajstić information content (AvgIpc) is 3.07. The molecule has 7 nitrogen and oxygen atoms in total. The van der Waals surface area contributed by atoms with Gasteiger partial charge in [0.15, 0.2) is 0 Å². The fraction of sp³-hybridized carbons (Fsp3) is 0.423. The van der Waals surface area contributed by atoms with Crippen molar-refractivity contribution in [3.05, 3.63) is 59.7 Å². The summed E-state index contributed by atoms with van der Waals surface area (Å²) in [6.45, 7) is 5.04. The highest BCUT2D eigenvalue weighted by atomic mass is 16.5. The Labute approximate surface area is 193 Å². The van der Waals surface area contributed by atoms with Crippen molar-refractivity contribution in [1.29, 1.82) is 0 Å². The maximum Gasteiger partial charge on any atom is 0.407 e. The molecule has 1 heterocycles. The van der Waals surface area contributed by atoms with Crippen molar-refractivity contribution < 1.29 is 24.2 Å². The van der Waals surface area contributed by atoms with E-state index < -0.39 is 12.1 Å². The molecule has 33 heavy (non-hydrogen) atoms. The first-order chi connectivity index (χ1) is 15.8. The zero-order valence-electron chi connectivity index (χ0n) is 19.0. The largest absolute Gasteiger partial charge is 0.481 e. The molecule has 2 amide bonds. The van der Waals surface area contributed by atoms with E-state index in [1.54, 1.807) is 4.90 Å². The van der Waals surface area contributed by atoms with Gasteiger partial charge in [-0.2, -0.15) is 0 Å². The number of amides is 2. The normalized spacial score (nSPS) is 16.0. The minimum Gasteiger partial charge on any atom is -0.481 e. The molecule has 0 aromatic heterocycles. The predicted octanol–water partition coefficient (Wildman–Crippen LogP) is 3.87. The predicted molar refractivity (Wildman–Crippen MR) is 124 cm³/mol. The molecular formula is C26H30N2O5. The molecule has 1 fully saturated rings. The minimum atomic E-state index is -0.843. The SMILES string of the molecule is CC(C)[C@H](CC(=O)N1CC(CC(=O)O)C1)NC(=O)OCC1c2ccccc2-c2ccccc21. The lowest BCUT2D eigenvalue weighted by atomic mass is 9.94. The Morgan fingerprint density at radius 3 is 2.15 bits per heavy atom. The van der Waals surface area contributed by atoms with Crippen molar-refractivity contribution in [3.63, 3.8) is 0 Å². The molecule has 174 valence electrons. The lowest BCUT2D eigenvalue weighted by Gasteiger charge is -2.39. The first-order valence-electron chi connectivity index (χ1n) is 11.4. The number of alkyl carbamates (subject to hydrolysis) is 1. The Kier molecular flexibility index (Phi) is 6.67. The number of likely N-dealkylation sites (tertiary alicyclic amines) is 1. The maximum absolute atomic E-state index is 12.6. The quantitative estimate of drug-likeness (QED) is 0.637. The number of carbonyl (C=O) groups is 3. The van der Waals surface area contributed by atoms with Gasteiger partial charge in [-0.3, -0.25) is 9.59 Å². The van der Waals surface area contributed by atoms with Crippen molar-refractivity contribution >= 4 is 18.0 Å². The zero-order valence-corrected chi connectivity index (χ0v) is 19.0. The van der Waals surface area contributed by atoms with Gasteiger partial charge in [-0.25, -0.2) is 4.79 Å². The van der Waals surface area contributed by atoms with Crippen molar-refractivity contribution in [2.75, 3.05) is 19.7 Å². The summed E-state index contributed by atoms with van der Waals surface area (Å²) in [7, 11) is 0. The van der Waals surface area contributed by atoms with E-state index in [1.165, 1.54) is 11.1 Å². The topological polar surface area (TPSA) is 95.9 Å². The molecule has 2 aromatic carbocycles. The summed E-state index contributed by atoms with van der Waals surface area (Å²) in [5.74, 6) is -0.877. The van der Waals surface area contributed by atoms with Gasteiger partial charge in [-0.05, 0) is 28.2 Å². The highest BCUT2D eigenvalue weighted by Crippen LogP contribution is 2.44. The fourth-order valence-electron chi connectivity index (χ4n) is 4.71. The molecule has 4 rings (SSSR count). The minimum absolute atomic E-state index is 0.0130. The average molecular weight is 451 g/mol. The lowest BCUT2D eigenvalue weighted by Crippen LogP contribution is -2.52. The molecule has 2 N–H and O–H groups in total. The van der Waals surface area contributed by atoms with Gasteiger partial charge in [0, 0.05) is 37.4 Å². The molecule has 1 saturated heterocycles. The number of benzene rings is 2. The summed E-state index contributed by atoms with van der Waals surface area (Å²) in [6.07, 6.45) is -0.285. The Morgan fingerprint density at radius 2 is 1.61 bits per heavy atom. The standard InChI is InChI=1S/C26H30N2O5/c1-16(2)23(12-24(29)28-13-17(14-28)11-25(30)31)27-26(32)33-15-22-20-9-5-3-7-18(20)19-8-4-6-10-21(19)22/h3-10,16-17,22-23H,11-15H2,1-2H3,(H,27,32)(H,30,31)/t23-/m0/s1. The molecule has 0 saturated carbocycles. The molecule has 0 unspecified atom stereocenters. The third-order valence-electron chi connectivity index (χ3n) is 6.62. The van der Waals surface area contributed by atoms with Crippen LogP contribution in [0.5, 0.6) is 0 Å². The van der Waals surface area contributed by atoms with E-state index in [4.69, 9.17) is 9.84 Å². The number of hydrogen-bond donors (Lipinski definition) is 2. The second-order valence-electron chi connectivity index (χ2n) is 9.29. The van der Waals surface area contributed by atoms with Gasteiger partial charge in [0.2, 0.25) is 5.91 Å². The Bertz CT molecular complexity index is 999. The summed E-state index contributed by atoms with van der Waals surface area (Å²) in [4.78, 5) is 37.7. The van der Waals surface area contributed by atoms with E-state index >= 15 is 0 Å². The van der Waals surface area contributed by atoms with Gasteiger partial charge in [0.25, 0.3) is 0 Å². The molecule has 1 aliphatic heterocycles. The molecule has 0 bridgehead atoms. The molecule has 2 aliphatic rings. The first kappa shape index (κ1) is 22.8. The third kappa shape index (κ3) is 5.02. The number of carboxylic acids is 1. The van der Waals surface area contributed by atoms with Gasteiger partial charge in [0.05, 0.1) is 6.42 Å². The Hall–Kier alpha value is -3.35. The Balaban J connectivity index is 1.32. The van der Waals surface area contributed by atoms with E-state index in [-0.39, 0.29) is 49.2 Å². The van der Waals surface area contributed by atoms with Gasteiger partial charge < -0.3 is 20.1 Å². The molecule has 0 spiro atoms. The second kappa shape index (κ2) is 9.65. The van der Waals surface area contributed by atoms with Crippen LogP contribution in [0, 0.1) is 11.8 Å². The van der Waals surface area contributed by atoms with Gasteiger partial charge in [0.1, 0.15) is 6.61 Å². The van der Waals surface area contributed by atoms with Crippen LogP contribution in [-0.4, -0.2) is 53.7 Å². The van der Waals surface area contributed by atoms with Crippen LogP contribution in [0.15, 0.2) is 48.5 Å². The van der Waals surface area contributed by atoms with Crippen LogP contribution in [0.25, 0.3) is 11.1 Å². The van der Waals surface area contributed by atoms with Gasteiger partial charge in [-0.15, -0.1) is 0 Å². The van der Waals surface area contributed by atoms with Crippen molar-refractivity contribution in [2.45, 2.75) is 38.6 Å². The van der Waals surface area contributed by atoms with Crippen LogP contribution in [0.2, 0.25) is 0 Å². The van der Waals surface area contributed by atoms with E-state index in [0.717, 1.165) is 11.1 Å². The van der Waals surface area contributed by atoms with Crippen LogP contribution in [-0.2, 0) is 14.3 Å². The molecular weight excluding hydrogens is 420 g/mol.